The largest absolute Gasteiger partial charge is 0.495 e. The summed E-state index contributed by atoms with van der Waals surface area (Å²) in [6, 6.07) is 20.1. The molecule has 3 aromatic carbocycles. The van der Waals surface area contributed by atoms with Gasteiger partial charge in [-0.05, 0) is 105 Å². The number of hydrogen-bond donors (Lipinski definition) is 3. The maximum atomic E-state index is 14.8. The van der Waals surface area contributed by atoms with Crippen molar-refractivity contribution < 1.29 is 61.1 Å². The highest BCUT2D eigenvalue weighted by molar-refractivity contribution is 6.38. The van der Waals surface area contributed by atoms with Gasteiger partial charge in [0.05, 0.1) is 160 Å². The number of pyridine rings is 3. The lowest BCUT2D eigenvalue weighted by molar-refractivity contribution is -0.118. The summed E-state index contributed by atoms with van der Waals surface area (Å²) in [6.07, 6.45) is 14.5. The van der Waals surface area contributed by atoms with Crippen molar-refractivity contribution in [1.29, 1.82) is 0 Å². The predicted octanol–water partition coefficient (Wildman–Crippen LogP) is 12.3. The number of benzene rings is 3. The first-order chi connectivity index (χ1) is 47.8. The molecule has 0 radical (unpaired) electrons. The van der Waals surface area contributed by atoms with Gasteiger partial charge in [0.2, 0.25) is 17.7 Å². The van der Waals surface area contributed by atoms with Gasteiger partial charge in [-0.2, -0.15) is 5.10 Å². The van der Waals surface area contributed by atoms with Gasteiger partial charge in [0.15, 0.2) is 23.1 Å². The molecule has 27 heteroatoms. The second kappa shape index (κ2) is 33.3. The first-order valence-corrected chi connectivity index (χ1v) is 33.3. The van der Waals surface area contributed by atoms with Crippen LogP contribution in [-0.4, -0.2) is 139 Å². The number of hydrogen-bond acceptors (Lipinski definition) is 15. The van der Waals surface area contributed by atoms with Gasteiger partial charge in [0, 0.05) is 76.7 Å². The molecule has 522 valence electrons. The minimum absolute atomic E-state index is 0.0510. The van der Waals surface area contributed by atoms with Crippen LogP contribution in [0, 0.1) is 29.4 Å². The van der Waals surface area contributed by atoms with Crippen LogP contribution in [0.1, 0.15) is 53.0 Å². The fourth-order valence-corrected chi connectivity index (χ4v) is 13.9. The maximum Gasteiger partial charge on any atom is 0.243 e. The molecule has 0 spiro atoms. The van der Waals surface area contributed by atoms with Crippen LogP contribution in [0.2, 0.25) is 20.1 Å². The molecule has 3 amide bonds. The molecule has 1 aliphatic carbocycles. The summed E-state index contributed by atoms with van der Waals surface area (Å²) in [5.74, 6) is 0.325. The van der Waals surface area contributed by atoms with Crippen LogP contribution in [-0.2, 0) is 62.8 Å². The zero-order valence-corrected chi connectivity index (χ0v) is 58.5. The molecule has 6 atom stereocenters. The molecule has 12 rings (SSSR count). The zero-order valence-electron chi connectivity index (χ0n) is 55.5. The summed E-state index contributed by atoms with van der Waals surface area (Å²) in [5, 5.41) is 15.1. The van der Waals surface area contributed by atoms with E-state index in [2.05, 4.69) is 40.8 Å². The Hall–Kier alpha value is -8.97. The average Bonchev–Trinajstić information content (AvgIpc) is 1.72. The van der Waals surface area contributed by atoms with Crippen molar-refractivity contribution in [3.63, 3.8) is 0 Å². The molecular weight excluding hydrogens is 1360 g/mol. The molecule has 3 aliphatic rings. The van der Waals surface area contributed by atoms with E-state index in [9.17, 15) is 23.2 Å². The fourth-order valence-electron chi connectivity index (χ4n) is 12.6. The number of rotatable bonds is 24. The average molecular weight is 1440 g/mol. The van der Waals surface area contributed by atoms with Gasteiger partial charge < -0.3 is 63.0 Å². The van der Waals surface area contributed by atoms with Gasteiger partial charge in [-0.3, -0.25) is 29.0 Å². The lowest BCUT2D eigenvalue weighted by Gasteiger charge is -2.20. The van der Waals surface area contributed by atoms with Crippen molar-refractivity contribution in [2.45, 2.75) is 76.3 Å². The van der Waals surface area contributed by atoms with Crippen LogP contribution < -0.4 is 44.4 Å². The molecule has 8 heterocycles. The fraction of sp³-hybridized carbons (Fsp3) is 0.347. The number of halogens is 6. The molecule has 1 saturated carbocycles. The molecule has 0 bridgehead atoms. The van der Waals surface area contributed by atoms with Gasteiger partial charge in [-0.1, -0.05) is 72.6 Å². The normalized spacial score (nSPS) is 17.8. The highest BCUT2D eigenvalue weighted by Gasteiger charge is 2.33. The number of carbonyl (C=O) groups is 3. The Labute approximate surface area is 591 Å². The van der Waals surface area contributed by atoms with Gasteiger partial charge in [0.1, 0.15) is 28.5 Å². The summed E-state index contributed by atoms with van der Waals surface area (Å²) >= 11 is 26.2. The standard InChI is InChI=1S/C24H26Cl2N4O3.C24H25Cl2N3O4.C24H25F2N3O4/c1-4-22(31)29-17-7-5-6-14(17)10-15-8-9-19-18(28-15)12-27-30(19)13-16-23(25)20(32-2)11-21(33-3)24(16)26;2*1-4-22(30)28-18-13-33-12-14(18)9-15-5-6-19-17(27-15)7-8-29(19)11-16-23(25)20(31-2)10-21(32-3)24(16)26/h4,8-9,11-12,14,17H,1,5-7,10,13H2,2-3H3,(H,29,31);2*4-8,10,14,18H,1,9,11-13H2,2-3H3,(H,28,30). The highest BCUT2D eigenvalue weighted by atomic mass is 35.5. The van der Waals surface area contributed by atoms with Crippen molar-refractivity contribution in [3.8, 4) is 34.5 Å². The van der Waals surface area contributed by atoms with E-state index in [0.717, 1.165) is 70.3 Å². The van der Waals surface area contributed by atoms with Crippen LogP contribution in [0.4, 0.5) is 8.78 Å². The quantitative estimate of drug-likeness (QED) is 0.0478. The Kier molecular flexibility index (Phi) is 24.4. The number of nitrogens with one attached hydrogen (secondary N) is 3. The summed E-state index contributed by atoms with van der Waals surface area (Å²) in [4.78, 5) is 49.4. The molecule has 3 fully saturated rings. The summed E-state index contributed by atoms with van der Waals surface area (Å²) in [6.45, 7) is 13.3. The number of amides is 3. The first-order valence-electron chi connectivity index (χ1n) is 31.8. The Balaban J connectivity index is 0.000000161. The number of methoxy groups -OCH3 is 6. The Bertz CT molecular complexity index is 3940. The summed E-state index contributed by atoms with van der Waals surface area (Å²) in [7, 11) is 8.84. The lowest BCUT2D eigenvalue weighted by Crippen LogP contribution is -2.39. The Morgan fingerprint density at radius 1 is 0.495 bits per heavy atom. The second-order valence-electron chi connectivity index (χ2n) is 23.8. The van der Waals surface area contributed by atoms with Crippen molar-refractivity contribution >= 4 is 97.2 Å². The predicted molar refractivity (Wildman–Crippen MR) is 376 cm³/mol. The molecule has 6 aromatic heterocycles. The van der Waals surface area contributed by atoms with Crippen molar-refractivity contribution in [3.05, 3.63) is 189 Å². The van der Waals surface area contributed by atoms with Gasteiger partial charge >= 0.3 is 0 Å². The first kappa shape index (κ1) is 72.8. The number of ether oxygens (including phenoxy) is 8. The molecule has 21 nitrogen and oxygen atoms in total. The van der Waals surface area contributed by atoms with Crippen LogP contribution in [0.3, 0.4) is 0 Å². The van der Waals surface area contributed by atoms with Crippen molar-refractivity contribution in [2.75, 3.05) is 69.1 Å². The SMILES string of the molecule is C=CC(=O)NC1CCCC1Cc1ccc2c(cnn2Cc2c(Cl)c(OC)cc(OC)c2Cl)n1.C=CC(=O)NC1COCC1Cc1ccc2c(ccn2Cc2c(Cl)c(OC)cc(OC)c2Cl)n1.C=CC(=O)NC1COCC1Cc1ccc2c(ccn2Cc2c(F)c(OC)cc(OC)c2F)n1. The minimum atomic E-state index is -0.768. The molecule has 2 saturated heterocycles. The van der Waals surface area contributed by atoms with Gasteiger partial charge in [0.25, 0.3) is 0 Å². The van der Waals surface area contributed by atoms with E-state index in [1.165, 1.54) is 38.5 Å². The van der Waals surface area contributed by atoms with Crippen LogP contribution in [0.15, 0.2) is 123 Å². The molecule has 6 unspecified atom stereocenters. The van der Waals surface area contributed by atoms with E-state index in [-0.39, 0.29) is 71.3 Å². The number of carbonyl (C=O) groups excluding carboxylic acids is 3. The minimum Gasteiger partial charge on any atom is -0.495 e. The number of fused-ring (bicyclic) bond motifs is 3. The van der Waals surface area contributed by atoms with Crippen molar-refractivity contribution in [1.82, 2.24) is 49.8 Å². The monoisotopic (exact) mass is 1430 g/mol. The van der Waals surface area contributed by atoms with Gasteiger partial charge in [-0.15, -0.1) is 0 Å². The molecule has 9 aromatic rings. The third-order valence-electron chi connectivity index (χ3n) is 17.9. The zero-order chi connectivity index (χ0) is 70.6. The van der Waals surface area contributed by atoms with Crippen molar-refractivity contribution in [2.24, 2.45) is 17.8 Å². The maximum absolute atomic E-state index is 14.8. The van der Waals surface area contributed by atoms with E-state index < -0.39 is 11.6 Å². The van der Waals surface area contributed by atoms with E-state index in [0.29, 0.717) is 118 Å². The number of aromatic nitrogens is 7. The summed E-state index contributed by atoms with van der Waals surface area (Å²) < 4.78 is 77.8. The smallest absolute Gasteiger partial charge is 0.243 e. The third-order valence-corrected chi connectivity index (χ3v) is 19.5. The van der Waals surface area contributed by atoms with E-state index >= 15 is 0 Å². The van der Waals surface area contributed by atoms with E-state index in [1.54, 1.807) is 68.3 Å². The Morgan fingerprint density at radius 3 is 1.31 bits per heavy atom. The van der Waals surface area contributed by atoms with E-state index in [4.69, 9.17) is 99.3 Å². The molecule has 99 heavy (non-hydrogen) atoms. The third kappa shape index (κ3) is 16.7. The Morgan fingerprint density at radius 2 is 0.879 bits per heavy atom. The van der Waals surface area contributed by atoms with E-state index in [1.807, 2.05) is 53.2 Å². The topological polar surface area (TPSA) is 227 Å². The molecule has 2 aliphatic heterocycles. The molecule has 3 N–H and O–H groups in total. The van der Waals surface area contributed by atoms with Gasteiger partial charge in [-0.25, -0.2) is 13.8 Å². The summed E-state index contributed by atoms with van der Waals surface area (Å²) in [5.41, 5.74) is 8.88. The van der Waals surface area contributed by atoms with Crippen LogP contribution in [0.5, 0.6) is 34.5 Å². The van der Waals surface area contributed by atoms with Crippen LogP contribution in [0.25, 0.3) is 33.1 Å². The second-order valence-corrected chi connectivity index (χ2v) is 25.3. The molecular formula is C72H76Cl4F2N10O11. The lowest BCUT2D eigenvalue weighted by atomic mass is 9.97. The highest BCUT2D eigenvalue weighted by Crippen LogP contribution is 2.43. The number of nitrogens with zero attached hydrogens (tertiary/aromatic N) is 7. The van der Waals surface area contributed by atoms with Crippen LogP contribution >= 0.6 is 46.4 Å².